The van der Waals surface area contributed by atoms with E-state index >= 15 is 0 Å². The largest absolute Gasteiger partial charge is 0.361 e. The van der Waals surface area contributed by atoms with Crippen LogP contribution in [0.1, 0.15) is 27.8 Å². The first-order valence-electron chi connectivity index (χ1n) is 8.27. The molecule has 0 aliphatic carbocycles. The van der Waals surface area contributed by atoms with Crippen LogP contribution in [0.15, 0.2) is 25.6 Å². The van der Waals surface area contributed by atoms with Gasteiger partial charge in [-0.15, -0.1) is 5.54 Å². The molecule has 0 unspecified atom stereocenters. The van der Waals surface area contributed by atoms with Gasteiger partial charge in [0, 0.05) is 26.1 Å². The summed E-state index contributed by atoms with van der Waals surface area (Å²) in [5.41, 5.74) is 18.7. The predicted octanol–water partition coefficient (Wildman–Crippen LogP) is 8.10. The molecule has 146 valence electrons. The molecule has 0 N–H and O–H groups in total. The summed E-state index contributed by atoms with van der Waals surface area (Å²) in [5.74, 6) is 3.28. The van der Waals surface area contributed by atoms with Crippen molar-refractivity contribution in [2.45, 2.75) is 33.5 Å². The van der Waals surface area contributed by atoms with E-state index in [2.05, 4.69) is 136 Å². The van der Waals surface area contributed by atoms with Gasteiger partial charge in [0.25, 0.3) is 0 Å². The Balaban J connectivity index is 2.75. The topological polar surface area (TPSA) is 36.4 Å². The number of nitrogens with zero attached hydrogens (tertiary/aromatic N) is 2. The fourth-order valence-electron chi connectivity index (χ4n) is 2.56. The molecule has 2 aromatic rings. The molecule has 2 rings (SSSR count). The van der Waals surface area contributed by atoms with Gasteiger partial charge in [0.2, 0.25) is 0 Å². The van der Waals surface area contributed by atoms with Crippen molar-refractivity contribution < 1.29 is 4.79 Å². The summed E-state index contributed by atoms with van der Waals surface area (Å²) in [6.45, 7) is 10.8. The summed E-state index contributed by atoms with van der Waals surface area (Å²) in [7, 11) is -1.47. The van der Waals surface area contributed by atoms with E-state index in [1.165, 1.54) is 5.56 Å². The molecule has 8 heteroatoms. The summed E-state index contributed by atoms with van der Waals surface area (Å²) < 4.78 is 4.84. The van der Waals surface area contributed by atoms with Crippen LogP contribution < -0.4 is 0 Å². The van der Waals surface area contributed by atoms with Crippen molar-refractivity contribution in [3.05, 3.63) is 66.0 Å². The van der Waals surface area contributed by atoms with Crippen LogP contribution in [0, 0.1) is 32.5 Å². The maximum atomic E-state index is 9.96. The standard InChI is InChI=1S/C20H17Br3I2N2Si/c1-10-15(17(23)19(25)11(2)18(10)24)20(27-26)16-13(21)8-12(9-14(16)22)6-7-28(3,4)5/h8-9H,1-5H3. The van der Waals surface area contributed by atoms with E-state index in [0.29, 0.717) is 5.71 Å². The molecule has 0 bridgehead atoms. The Morgan fingerprint density at radius 3 is 1.96 bits per heavy atom. The van der Waals surface area contributed by atoms with Gasteiger partial charge in [-0.3, -0.25) is 0 Å². The minimum atomic E-state index is -1.47. The third kappa shape index (κ3) is 5.40. The lowest BCUT2D eigenvalue weighted by Crippen LogP contribution is -2.16. The van der Waals surface area contributed by atoms with Gasteiger partial charge in [0.1, 0.15) is 8.07 Å². The van der Waals surface area contributed by atoms with Gasteiger partial charge in [-0.1, -0.05) is 25.6 Å². The molecule has 0 aliphatic heterocycles. The van der Waals surface area contributed by atoms with Crippen molar-refractivity contribution in [2.75, 3.05) is 0 Å². The molecule has 2 nitrogen and oxygen atoms in total. The van der Waals surface area contributed by atoms with Crippen molar-refractivity contribution >= 4 is 107 Å². The maximum absolute atomic E-state index is 9.96. The van der Waals surface area contributed by atoms with E-state index < -0.39 is 8.07 Å². The Morgan fingerprint density at radius 2 is 1.50 bits per heavy atom. The Bertz CT molecular complexity index is 1040. The molecule has 0 radical (unpaired) electrons. The van der Waals surface area contributed by atoms with E-state index in [1.807, 2.05) is 19.1 Å². The lowest BCUT2D eigenvalue weighted by Gasteiger charge is -2.14. The molecule has 0 fully saturated rings. The third-order valence-corrected chi connectivity index (χ3v) is 10.6. The zero-order chi connectivity index (χ0) is 21.4. The molecule has 0 amide bonds. The van der Waals surface area contributed by atoms with Gasteiger partial charge in [-0.2, -0.15) is 4.79 Å². The molecule has 0 spiro atoms. The van der Waals surface area contributed by atoms with E-state index in [4.69, 9.17) is 0 Å². The Kier molecular flexibility index (Phi) is 8.62. The van der Waals surface area contributed by atoms with Gasteiger partial charge >= 0.3 is 5.71 Å². The van der Waals surface area contributed by atoms with Crippen LogP contribution in [0.5, 0.6) is 0 Å². The molecular weight excluding hydrogens is 790 g/mol. The van der Waals surface area contributed by atoms with Gasteiger partial charge in [-0.25, -0.2) is 0 Å². The average Bonchev–Trinajstić information content (AvgIpc) is 2.60. The molecule has 0 aliphatic rings. The van der Waals surface area contributed by atoms with Crippen LogP contribution in [0.25, 0.3) is 5.53 Å². The lowest BCUT2D eigenvalue weighted by molar-refractivity contribution is -0.00300. The molecule has 0 saturated heterocycles. The highest BCUT2D eigenvalue weighted by Crippen LogP contribution is 2.37. The summed E-state index contributed by atoms with van der Waals surface area (Å²) in [6, 6.07) is 3.96. The fraction of sp³-hybridized carbons (Fsp3) is 0.250. The van der Waals surface area contributed by atoms with Gasteiger partial charge in [0.05, 0.1) is 11.1 Å². The number of rotatable bonds is 2. The van der Waals surface area contributed by atoms with Crippen LogP contribution in [-0.2, 0) is 0 Å². The predicted molar refractivity (Wildman–Crippen MR) is 148 cm³/mol. The molecular formula is C20H17Br3I2N2Si. The summed E-state index contributed by atoms with van der Waals surface area (Å²) in [4.78, 5) is 3.69. The van der Waals surface area contributed by atoms with Crippen LogP contribution in [0.3, 0.4) is 0 Å². The SMILES string of the molecule is Cc1c(I)c(C)c(C(=[N+]=[N-])c2c(Br)cc(C#C[Si](C)(C)C)cc2Br)c(Br)c1I. The second-order valence-electron chi connectivity index (χ2n) is 7.33. The second kappa shape index (κ2) is 9.75. The summed E-state index contributed by atoms with van der Waals surface area (Å²) in [5, 5.41) is 0. The molecule has 0 saturated carbocycles. The highest BCUT2D eigenvalue weighted by molar-refractivity contribution is 14.1. The van der Waals surface area contributed by atoms with Crippen molar-refractivity contribution in [2.24, 2.45) is 0 Å². The Labute approximate surface area is 219 Å². The highest BCUT2D eigenvalue weighted by Gasteiger charge is 2.29. The minimum absolute atomic E-state index is 0.503. The van der Waals surface area contributed by atoms with Gasteiger partial charge < -0.3 is 5.53 Å². The quantitative estimate of drug-likeness (QED) is 0.0560. The maximum Gasteiger partial charge on any atom is 0.333 e. The van der Waals surface area contributed by atoms with Crippen LogP contribution in [0.2, 0.25) is 19.6 Å². The number of halogens is 5. The van der Waals surface area contributed by atoms with Crippen molar-refractivity contribution in [3.63, 3.8) is 0 Å². The normalized spacial score (nSPS) is 10.9. The number of benzene rings is 2. The number of hydrogen-bond donors (Lipinski definition) is 0. The van der Waals surface area contributed by atoms with Gasteiger partial charge in [0.15, 0.2) is 0 Å². The fourth-order valence-corrected chi connectivity index (χ4v) is 7.02. The number of hydrogen-bond acceptors (Lipinski definition) is 0. The monoisotopic (exact) mass is 804 g/mol. The van der Waals surface area contributed by atoms with E-state index in [0.717, 1.165) is 42.8 Å². The molecule has 0 aromatic heterocycles. The van der Waals surface area contributed by atoms with E-state index in [-0.39, 0.29) is 0 Å². The second-order valence-corrected chi connectivity index (χ2v) is 16.7. The van der Waals surface area contributed by atoms with Crippen LogP contribution in [0.4, 0.5) is 0 Å². The van der Waals surface area contributed by atoms with Crippen molar-refractivity contribution in [1.82, 2.24) is 0 Å². The van der Waals surface area contributed by atoms with Crippen LogP contribution in [-0.4, -0.2) is 18.6 Å². The lowest BCUT2D eigenvalue weighted by atomic mass is 9.96. The first kappa shape index (κ1) is 24.8. The highest BCUT2D eigenvalue weighted by atomic mass is 127. The molecule has 0 heterocycles. The molecule has 2 aromatic carbocycles. The summed E-state index contributed by atoms with van der Waals surface area (Å²) >= 11 is 15.7. The molecule has 28 heavy (non-hydrogen) atoms. The van der Waals surface area contributed by atoms with Crippen molar-refractivity contribution in [1.29, 1.82) is 0 Å². The van der Waals surface area contributed by atoms with Crippen molar-refractivity contribution in [3.8, 4) is 11.5 Å². The third-order valence-electron chi connectivity index (χ3n) is 3.97. The smallest absolute Gasteiger partial charge is 0.333 e. The van der Waals surface area contributed by atoms with Crippen LogP contribution >= 0.6 is 93.0 Å². The first-order chi connectivity index (χ1) is 12.9. The first-order valence-corrected chi connectivity index (χ1v) is 16.3. The zero-order valence-electron chi connectivity index (χ0n) is 15.9. The average molecular weight is 807 g/mol. The minimum Gasteiger partial charge on any atom is -0.361 e. The Morgan fingerprint density at radius 1 is 0.964 bits per heavy atom. The van der Waals surface area contributed by atoms with Gasteiger partial charge in [-0.05, 0) is 130 Å². The molecule has 0 atom stereocenters. The van der Waals surface area contributed by atoms with E-state index in [9.17, 15) is 5.53 Å². The Hall–Kier alpha value is 0.497. The van der Waals surface area contributed by atoms with E-state index in [1.54, 1.807) is 0 Å². The zero-order valence-corrected chi connectivity index (χ0v) is 26.0. The summed E-state index contributed by atoms with van der Waals surface area (Å²) in [6.07, 6.45) is 0.